The molecule has 6 heteroatoms. The minimum atomic E-state index is -0.460. The maximum atomic E-state index is 12.9. The first kappa shape index (κ1) is 15.1. The van der Waals surface area contributed by atoms with Crippen LogP contribution in [0.4, 0.5) is 15.8 Å². The number of ether oxygens (including phenoxy) is 1. The lowest BCUT2D eigenvalue weighted by Crippen LogP contribution is -2.20. The third-order valence-electron chi connectivity index (χ3n) is 2.79. The van der Waals surface area contributed by atoms with E-state index in [4.69, 9.17) is 22.1 Å². The Morgan fingerprint density at radius 2 is 2.10 bits per heavy atom. The Labute approximate surface area is 126 Å². The highest BCUT2D eigenvalue weighted by Gasteiger charge is 2.07. The Hall–Kier alpha value is -2.27. The van der Waals surface area contributed by atoms with Crippen LogP contribution >= 0.6 is 11.6 Å². The summed E-state index contributed by atoms with van der Waals surface area (Å²) in [6.45, 7) is 1.66. The molecule has 0 fully saturated rings. The normalized spacial score (nSPS) is 10.2. The predicted octanol–water partition coefficient (Wildman–Crippen LogP) is 3.39. The van der Waals surface area contributed by atoms with Crippen molar-refractivity contribution < 1.29 is 13.9 Å². The maximum absolute atomic E-state index is 12.9. The van der Waals surface area contributed by atoms with Gasteiger partial charge >= 0.3 is 0 Å². The number of carbonyl (C=O) groups excluding carboxylic acids is 1. The number of nitrogens with one attached hydrogen (secondary N) is 1. The lowest BCUT2D eigenvalue weighted by Gasteiger charge is -2.10. The summed E-state index contributed by atoms with van der Waals surface area (Å²) in [5.41, 5.74) is 6.96. The maximum Gasteiger partial charge on any atom is 0.262 e. The van der Waals surface area contributed by atoms with E-state index in [0.29, 0.717) is 16.5 Å². The zero-order valence-electron chi connectivity index (χ0n) is 11.3. The van der Waals surface area contributed by atoms with E-state index in [9.17, 15) is 9.18 Å². The van der Waals surface area contributed by atoms with Gasteiger partial charge in [0.15, 0.2) is 6.61 Å². The van der Waals surface area contributed by atoms with Crippen LogP contribution in [0.1, 0.15) is 5.56 Å². The molecule has 0 saturated heterocycles. The first-order valence-corrected chi connectivity index (χ1v) is 6.57. The van der Waals surface area contributed by atoms with E-state index >= 15 is 0 Å². The van der Waals surface area contributed by atoms with Crippen molar-refractivity contribution in [1.82, 2.24) is 0 Å². The van der Waals surface area contributed by atoms with Gasteiger partial charge in [0.25, 0.3) is 5.91 Å². The number of aryl methyl sites for hydroxylation is 1. The van der Waals surface area contributed by atoms with Crippen LogP contribution < -0.4 is 15.8 Å². The Morgan fingerprint density at radius 1 is 1.33 bits per heavy atom. The summed E-state index contributed by atoms with van der Waals surface area (Å²) in [6, 6.07) is 8.86. The van der Waals surface area contributed by atoms with Crippen molar-refractivity contribution in [2.24, 2.45) is 0 Å². The number of anilines is 2. The molecule has 0 unspecified atom stereocenters. The highest BCUT2D eigenvalue weighted by atomic mass is 35.5. The minimum absolute atomic E-state index is 0.158. The second kappa shape index (κ2) is 6.45. The number of rotatable bonds is 4. The SMILES string of the molecule is Cc1cc(OCC(=O)Nc2ccc(F)cc2N)ccc1Cl. The van der Waals surface area contributed by atoms with E-state index in [1.54, 1.807) is 18.2 Å². The number of benzene rings is 2. The standard InChI is InChI=1S/C15H14ClFN2O2/c1-9-6-11(3-4-12(9)16)21-8-15(20)19-14-5-2-10(17)7-13(14)18/h2-7H,8,18H2,1H3,(H,19,20). The summed E-state index contributed by atoms with van der Waals surface area (Å²) in [7, 11) is 0. The summed E-state index contributed by atoms with van der Waals surface area (Å²) < 4.78 is 18.3. The smallest absolute Gasteiger partial charge is 0.262 e. The molecule has 0 aliphatic heterocycles. The van der Waals surface area contributed by atoms with Crippen molar-refractivity contribution in [1.29, 1.82) is 0 Å². The first-order valence-electron chi connectivity index (χ1n) is 6.19. The van der Waals surface area contributed by atoms with Crippen molar-refractivity contribution in [3.63, 3.8) is 0 Å². The molecule has 0 heterocycles. The highest BCUT2D eigenvalue weighted by molar-refractivity contribution is 6.31. The first-order chi connectivity index (χ1) is 9.95. The summed E-state index contributed by atoms with van der Waals surface area (Å²) >= 11 is 5.90. The van der Waals surface area contributed by atoms with Crippen molar-refractivity contribution in [2.45, 2.75) is 6.92 Å². The molecule has 2 rings (SSSR count). The zero-order chi connectivity index (χ0) is 15.4. The molecule has 0 aliphatic rings. The molecule has 21 heavy (non-hydrogen) atoms. The number of hydrogen-bond acceptors (Lipinski definition) is 3. The average Bonchev–Trinajstić information content (AvgIpc) is 2.43. The van der Waals surface area contributed by atoms with Gasteiger partial charge in [0.05, 0.1) is 11.4 Å². The van der Waals surface area contributed by atoms with Gasteiger partial charge in [-0.15, -0.1) is 0 Å². The van der Waals surface area contributed by atoms with Crippen LogP contribution in [-0.4, -0.2) is 12.5 Å². The molecule has 0 saturated carbocycles. The largest absolute Gasteiger partial charge is 0.484 e. The minimum Gasteiger partial charge on any atom is -0.484 e. The van der Waals surface area contributed by atoms with Gasteiger partial charge < -0.3 is 15.8 Å². The number of halogens is 2. The zero-order valence-corrected chi connectivity index (χ0v) is 12.1. The van der Waals surface area contributed by atoms with E-state index in [1.807, 2.05) is 6.92 Å². The van der Waals surface area contributed by atoms with Gasteiger partial charge in [0.1, 0.15) is 11.6 Å². The van der Waals surface area contributed by atoms with Gasteiger partial charge in [-0.25, -0.2) is 4.39 Å². The molecular formula is C15H14ClFN2O2. The summed E-state index contributed by atoms with van der Waals surface area (Å²) in [4.78, 5) is 11.8. The molecule has 2 aromatic carbocycles. The molecule has 0 aromatic heterocycles. The van der Waals surface area contributed by atoms with Crippen LogP contribution in [0.15, 0.2) is 36.4 Å². The molecule has 0 aliphatic carbocycles. The van der Waals surface area contributed by atoms with Gasteiger partial charge in [-0.1, -0.05) is 11.6 Å². The van der Waals surface area contributed by atoms with Crippen molar-refractivity contribution in [3.05, 3.63) is 52.8 Å². The Kier molecular flexibility index (Phi) is 4.65. The molecule has 0 spiro atoms. The van der Waals surface area contributed by atoms with Crippen LogP contribution in [0.25, 0.3) is 0 Å². The molecule has 4 nitrogen and oxygen atoms in total. The Morgan fingerprint density at radius 3 is 2.76 bits per heavy atom. The molecule has 2 aromatic rings. The predicted molar refractivity (Wildman–Crippen MR) is 81.1 cm³/mol. The number of nitrogens with two attached hydrogens (primary N) is 1. The number of hydrogen-bond donors (Lipinski definition) is 2. The van der Waals surface area contributed by atoms with E-state index < -0.39 is 5.82 Å². The van der Waals surface area contributed by atoms with Crippen molar-refractivity contribution in [3.8, 4) is 5.75 Å². The fourth-order valence-electron chi connectivity index (χ4n) is 1.69. The topological polar surface area (TPSA) is 64.3 Å². The highest BCUT2D eigenvalue weighted by Crippen LogP contribution is 2.21. The van der Waals surface area contributed by atoms with Gasteiger partial charge in [-0.05, 0) is 48.9 Å². The molecule has 0 bridgehead atoms. The monoisotopic (exact) mass is 308 g/mol. The molecule has 1 amide bonds. The third-order valence-corrected chi connectivity index (χ3v) is 3.21. The Bertz CT molecular complexity index is 677. The van der Waals surface area contributed by atoms with Crippen molar-refractivity contribution in [2.75, 3.05) is 17.7 Å². The van der Waals surface area contributed by atoms with Gasteiger partial charge in [-0.3, -0.25) is 4.79 Å². The average molecular weight is 309 g/mol. The fraction of sp³-hybridized carbons (Fsp3) is 0.133. The second-order valence-corrected chi connectivity index (χ2v) is 4.89. The number of nitrogen functional groups attached to an aromatic ring is 1. The summed E-state index contributed by atoms with van der Waals surface area (Å²) in [5, 5.41) is 3.18. The fourth-order valence-corrected chi connectivity index (χ4v) is 1.81. The molecule has 0 radical (unpaired) electrons. The molecular weight excluding hydrogens is 295 g/mol. The third kappa shape index (κ3) is 4.10. The molecule has 3 N–H and O–H groups in total. The lowest BCUT2D eigenvalue weighted by molar-refractivity contribution is -0.118. The summed E-state index contributed by atoms with van der Waals surface area (Å²) in [5.74, 6) is -0.307. The van der Waals surface area contributed by atoms with Gasteiger partial charge in [0.2, 0.25) is 0 Å². The number of carbonyl (C=O) groups is 1. The van der Waals surface area contributed by atoms with E-state index in [1.165, 1.54) is 12.1 Å². The van der Waals surface area contributed by atoms with Crippen LogP contribution in [0.3, 0.4) is 0 Å². The van der Waals surface area contributed by atoms with Gasteiger partial charge in [-0.2, -0.15) is 0 Å². The molecule has 110 valence electrons. The van der Waals surface area contributed by atoms with Crippen LogP contribution in [0.2, 0.25) is 5.02 Å². The van der Waals surface area contributed by atoms with E-state index in [2.05, 4.69) is 5.32 Å². The van der Waals surface area contributed by atoms with Crippen LogP contribution in [-0.2, 0) is 4.79 Å². The number of amides is 1. The molecule has 0 atom stereocenters. The van der Waals surface area contributed by atoms with Gasteiger partial charge in [0, 0.05) is 5.02 Å². The van der Waals surface area contributed by atoms with Crippen LogP contribution in [0, 0.1) is 12.7 Å². The Balaban J connectivity index is 1.94. The summed E-state index contributed by atoms with van der Waals surface area (Å²) in [6.07, 6.45) is 0. The van der Waals surface area contributed by atoms with E-state index in [-0.39, 0.29) is 18.2 Å². The van der Waals surface area contributed by atoms with E-state index in [0.717, 1.165) is 11.6 Å². The quantitative estimate of drug-likeness (QED) is 0.851. The van der Waals surface area contributed by atoms with Crippen LogP contribution in [0.5, 0.6) is 5.75 Å². The van der Waals surface area contributed by atoms with Crippen molar-refractivity contribution >= 4 is 28.9 Å². The second-order valence-electron chi connectivity index (χ2n) is 4.48. The lowest BCUT2D eigenvalue weighted by atomic mass is 10.2.